The number of nitrogens with two attached hydrogens (primary N) is 1. The molecule has 1 fully saturated rings. The van der Waals surface area contributed by atoms with Crippen LogP contribution in [-0.4, -0.2) is 24.7 Å². The predicted octanol–water partition coefficient (Wildman–Crippen LogP) is 5.39. The molecular weight excluding hydrogens is 370 g/mol. The van der Waals surface area contributed by atoms with Gasteiger partial charge in [0.2, 0.25) is 0 Å². The van der Waals surface area contributed by atoms with Gasteiger partial charge in [-0.3, -0.25) is 0 Å². The predicted molar refractivity (Wildman–Crippen MR) is 124 cm³/mol. The monoisotopic (exact) mass is 408 g/mol. The molecule has 0 saturated carbocycles. The Labute approximate surface area is 182 Å². The highest BCUT2D eigenvalue weighted by atomic mass is 16.6. The third-order valence-electron chi connectivity index (χ3n) is 6.50. The van der Waals surface area contributed by atoms with Crippen LogP contribution in [0.15, 0.2) is 48.5 Å². The molecule has 2 aromatic rings. The molecule has 3 heteroatoms. The van der Waals surface area contributed by atoms with Crippen LogP contribution < -0.4 is 5.32 Å². The Hall–Kier alpha value is -2.13. The van der Waals surface area contributed by atoms with E-state index in [1.165, 1.54) is 36.8 Å². The zero-order valence-electron chi connectivity index (χ0n) is 19.0. The summed E-state index contributed by atoms with van der Waals surface area (Å²) < 4.78 is 5.93. The number of piperidine rings is 1. The molecular formula is C27H38NO2+. The van der Waals surface area contributed by atoms with Crippen molar-refractivity contribution in [1.29, 1.82) is 0 Å². The first kappa shape index (κ1) is 22.6. The minimum absolute atomic E-state index is 0.219. The lowest BCUT2D eigenvalue weighted by molar-refractivity contribution is -0.665. The minimum atomic E-state index is -0.420. The van der Waals surface area contributed by atoms with Crippen LogP contribution >= 0.6 is 0 Å². The van der Waals surface area contributed by atoms with Crippen molar-refractivity contribution in [1.82, 2.24) is 0 Å². The van der Waals surface area contributed by atoms with Gasteiger partial charge >= 0.3 is 5.97 Å². The summed E-state index contributed by atoms with van der Waals surface area (Å²) in [5, 5.41) is 2.34. The van der Waals surface area contributed by atoms with Crippen molar-refractivity contribution in [2.24, 2.45) is 5.92 Å². The summed E-state index contributed by atoms with van der Waals surface area (Å²) >= 11 is 0. The molecule has 1 saturated heterocycles. The number of aryl methyl sites for hydroxylation is 1. The van der Waals surface area contributed by atoms with Crippen LogP contribution in [0.2, 0.25) is 0 Å². The molecule has 0 amide bonds. The van der Waals surface area contributed by atoms with Crippen LogP contribution in [0.1, 0.15) is 75.2 Å². The molecule has 3 nitrogen and oxygen atoms in total. The van der Waals surface area contributed by atoms with E-state index in [9.17, 15) is 4.79 Å². The van der Waals surface area contributed by atoms with Crippen LogP contribution in [-0.2, 0) is 11.2 Å². The first-order valence-electron chi connectivity index (χ1n) is 11.7. The fourth-order valence-electron chi connectivity index (χ4n) is 4.42. The Balaban J connectivity index is 1.58. The number of benzene rings is 2. The van der Waals surface area contributed by atoms with E-state index in [1.807, 2.05) is 24.3 Å². The van der Waals surface area contributed by atoms with Crippen molar-refractivity contribution >= 4 is 5.97 Å². The van der Waals surface area contributed by atoms with Crippen LogP contribution in [0.3, 0.4) is 0 Å². The van der Waals surface area contributed by atoms with E-state index >= 15 is 0 Å². The highest BCUT2D eigenvalue weighted by Gasteiger charge is 2.35. The van der Waals surface area contributed by atoms with E-state index in [-0.39, 0.29) is 5.97 Å². The third kappa shape index (κ3) is 6.18. The van der Waals surface area contributed by atoms with Gasteiger partial charge in [0.25, 0.3) is 0 Å². The standard InChI is InChI=1S/C27H37NO2/c1-4-5-6-7-8-21-9-11-22(12-10-21)23-13-15-24(16-14-23)26(29)30-27(2,3)25-17-19-28-20-18-25/h9-16,25,28H,4-8,17-20H2,1-3H3/p+1. The number of carbonyl (C=O) groups excluding carboxylic acids is 1. The van der Waals surface area contributed by atoms with Gasteiger partial charge in [-0.05, 0) is 55.5 Å². The Kier molecular flexibility index (Phi) is 8.09. The zero-order valence-corrected chi connectivity index (χ0v) is 19.0. The molecule has 162 valence electrons. The summed E-state index contributed by atoms with van der Waals surface area (Å²) in [5.41, 5.74) is 3.92. The number of carbonyl (C=O) groups is 1. The second-order valence-corrected chi connectivity index (χ2v) is 9.22. The second-order valence-electron chi connectivity index (χ2n) is 9.22. The summed E-state index contributed by atoms with van der Waals surface area (Å²) in [7, 11) is 0. The van der Waals surface area contributed by atoms with Gasteiger partial charge in [-0.15, -0.1) is 0 Å². The highest BCUT2D eigenvalue weighted by Crippen LogP contribution is 2.29. The fourth-order valence-corrected chi connectivity index (χ4v) is 4.42. The van der Waals surface area contributed by atoms with Gasteiger partial charge in [-0.2, -0.15) is 0 Å². The molecule has 1 heterocycles. The smallest absolute Gasteiger partial charge is 0.338 e. The zero-order chi connectivity index (χ0) is 21.4. The molecule has 1 aliphatic rings. The molecule has 0 aliphatic carbocycles. The molecule has 0 atom stereocenters. The molecule has 2 aromatic carbocycles. The lowest BCUT2D eigenvalue weighted by atomic mass is 9.83. The van der Waals surface area contributed by atoms with E-state index < -0.39 is 5.60 Å². The lowest BCUT2D eigenvalue weighted by Gasteiger charge is -2.35. The van der Waals surface area contributed by atoms with Crippen molar-refractivity contribution in [2.45, 2.75) is 71.3 Å². The van der Waals surface area contributed by atoms with Gasteiger partial charge in [-0.25, -0.2) is 4.79 Å². The average Bonchev–Trinajstić information content (AvgIpc) is 2.78. The Morgan fingerprint density at radius 2 is 1.53 bits per heavy atom. The minimum Gasteiger partial charge on any atom is -0.456 e. The van der Waals surface area contributed by atoms with E-state index in [0.717, 1.165) is 37.9 Å². The summed E-state index contributed by atoms with van der Waals surface area (Å²) in [6.07, 6.45) is 8.54. The van der Waals surface area contributed by atoms with Crippen molar-refractivity contribution in [3.63, 3.8) is 0 Å². The summed E-state index contributed by atoms with van der Waals surface area (Å²) in [4.78, 5) is 12.7. The van der Waals surface area contributed by atoms with E-state index in [4.69, 9.17) is 4.74 Å². The molecule has 1 aliphatic heterocycles. The molecule has 0 spiro atoms. The maximum atomic E-state index is 12.7. The van der Waals surface area contributed by atoms with Crippen molar-refractivity contribution in [3.05, 3.63) is 59.7 Å². The first-order chi connectivity index (χ1) is 14.5. The van der Waals surface area contributed by atoms with Gasteiger partial charge < -0.3 is 10.1 Å². The largest absolute Gasteiger partial charge is 0.456 e. The highest BCUT2D eigenvalue weighted by molar-refractivity contribution is 5.90. The van der Waals surface area contributed by atoms with Crippen LogP contribution in [0.4, 0.5) is 0 Å². The SMILES string of the molecule is CCCCCCc1ccc(-c2ccc(C(=O)OC(C)(C)C3CC[NH2+]CC3)cc2)cc1. The summed E-state index contributed by atoms with van der Waals surface area (Å²) in [6, 6.07) is 16.7. The third-order valence-corrected chi connectivity index (χ3v) is 6.50. The van der Waals surface area contributed by atoms with Gasteiger partial charge in [0.15, 0.2) is 0 Å². The van der Waals surface area contributed by atoms with Gasteiger partial charge in [-0.1, -0.05) is 62.6 Å². The number of ether oxygens (including phenoxy) is 1. The van der Waals surface area contributed by atoms with Gasteiger partial charge in [0.05, 0.1) is 18.7 Å². The van der Waals surface area contributed by atoms with Gasteiger partial charge in [0.1, 0.15) is 5.60 Å². The van der Waals surface area contributed by atoms with E-state index in [2.05, 4.69) is 50.4 Å². The normalized spacial score (nSPS) is 15.2. The Bertz CT molecular complexity index is 787. The quantitative estimate of drug-likeness (QED) is 0.447. The molecule has 0 aromatic heterocycles. The molecule has 0 radical (unpaired) electrons. The fraction of sp³-hybridized carbons (Fsp3) is 0.519. The molecule has 30 heavy (non-hydrogen) atoms. The topological polar surface area (TPSA) is 42.9 Å². The molecule has 3 rings (SSSR count). The number of unbranched alkanes of at least 4 members (excludes halogenated alkanes) is 3. The second kappa shape index (κ2) is 10.8. The average molecular weight is 409 g/mol. The number of rotatable bonds is 9. The van der Waals surface area contributed by atoms with Crippen LogP contribution in [0.25, 0.3) is 11.1 Å². The van der Waals surface area contributed by atoms with Crippen molar-refractivity contribution in [2.75, 3.05) is 13.1 Å². The van der Waals surface area contributed by atoms with Crippen LogP contribution in [0, 0.1) is 5.92 Å². The van der Waals surface area contributed by atoms with E-state index in [1.54, 1.807) is 0 Å². The molecule has 0 unspecified atom stereocenters. The van der Waals surface area contributed by atoms with Crippen molar-refractivity contribution in [3.8, 4) is 11.1 Å². The number of esters is 1. The first-order valence-corrected chi connectivity index (χ1v) is 11.7. The van der Waals surface area contributed by atoms with Crippen LogP contribution in [0.5, 0.6) is 0 Å². The Morgan fingerprint density at radius 3 is 2.13 bits per heavy atom. The summed E-state index contributed by atoms with van der Waals surface area (Å²) in [5.74, 6) is 0.217. The number of hydrogen-bond acceptors (Lipinski definition) is 2. The van der Waals surface area contributed by atoms with Crippen molar-refractivity contribution < 1.29 is 14.8 Å². The number of hydrogen-bond donors (Lipinski definition) is 1. The Morgan fingerprint density at radius 1 is 0.933 bits per heavy atom. The number of quaternary nitrogens is 1. The maximum Gasteiger partial charge on any atom is 0.338 e. The lowest BCUT2D eigenvalue weighted by Crippen LogP contribution is -2.86. The maximum absolute atomic E-state index is 12.7. The molecule has 0 bridgehead atoms. The van der Waals surface area contributed by atoms with Gasteiger partial charge in [0, 0.05) is 18.8 Å². The molecule has 2 N–H and O–H groups in total. The summed E-state index contributed by atoms with van der Waals surface area (Å²) in [6.45, 7) is 8.60. The van der Waals surface area contributed by atoms with E-state index in [0.29, 0.717) is 11.5 Å².